The smallest absolute Gasteiger partial charge is 0.0597 e. The summed E-state index contributed by atoms with van der Waals surface area (Å²) in [6.45, 7) is 0.978. The van der Waals surface area contributed by atoms with Crippen molar-refractivity contribution in [2.75, 3.05) is 6.61 Å². The zero-order valence-electron chi connectivity index (χ0n) is 6.18. The van der Waals surface area contributed by atoms with Crippen LogP contribution < -0.4 is 0 Å². The lowest BCUT2D eigenvalue weighted by atomic mass is 10.1. The zero-order chi connectivity index (χ0) is 7.23. The minimum Gasteiger partial charge on any atom is -0.378 e. The van der Waals surface area contributed by atoms with Gasteiger partial charge in [-0.15, -0.1) is 11.6 Å². The first-order valence-corrected chi connectivity index (χ1v) is 4.40. The van der Waals surface area contributed by atoms with Gasteiger partial charge in [-0.05, 0) is 19.3 Å². The van der Waals surface area contributed by atoms with Crippen LogP contribution in [0.5, 0.6) is 0 Å². The second-order valence-electron chi connectivity index (χ2n) is 2.72. The third-order valence-electron chi connectivity index (χ3n) is 1.88. The first kappa shape index (κ1) is 8.35. The summed E-state index contributed by atoms with van der Waals surface area (Å²) in [6, 6.07) is 0. The summed E-state index contributed by atoms with van der Waals surface area (Å²) in [5, 5.41) is 0. The lowest BCUT2D eigenvalue weighted by Gasteiger charge is -2.26. The van der Waals surface area contributed by atoms with Gasteiger partial charge in [-0.2, -0.15) is 0 Å². The number of rotatable bonds is 5. The van der Waals surface area contributed by atoms with E-state index in [1.165, 1.54) is 25.7 Å². The third kappa shape index (κ3) is 2.89. The fourth-order valence-electron chi connectivity index (χ4n) is 1.11. The predicted molar refractivity (Wildman–Crippen MR) is 43.0 cm³/mol. The van der Waals surface area contributed by atoms with Gasteiger partial charge in [0.2, 0.25) is 0 Å². The van der Waals surface area contributed by atoms with Gasteiger partial charge in [-0.3, -0.25) is 0 Å². The summed E-state index contributed by atoms with van der Waals surface area (Å²) in [7, 11) is 0. The predicted octanol–water partition coefficient (Wildman–Crippen LogP) is 2.74. The van der Waals surface area contributed by atoms with Crippen LogP contribution in [0.1, 0.15) is 32.1 Å². The highest BCUT2D eigenvalue weighted by atomic mass is 35.5. The SMILES string of the molecule is Cl[CH]CCCCC1CCO1. The standard InChI is InChI=1S/C8H14ClO/c9-6-3-1-2-4-8-5-7-10-8/h6,8H,1-5,7H2. The van der Waals surface area contributed by atoms with Crippen molar-refractivity contribution in [3.63, 3.8) is 0 Å². The van der Waals surface area contributed by atoms with Gasteiger partial charge in [0.1, 0.15) is 0 Å². The number of halogens is 1. The van der Waals surface area contributed by atoms with Crippen molar-refractivity contribution in [2.45, 2.75) is 38.2 Å². The van der Waals surface area contributed by atoms with Crippen molar-refractivity contribution in [2.24, 2.45) is 0 Å². The van der Waals surface area contributed by atoms with Crippen LogP contribution in [0.15, 0.2) is 0 Å². The number of unbranched alkanes of at least 4 members (excludes halogenated alkanes) is 2. The molecule has 0 aromatic rings. The van der Waals surface area contributed by atoms with Gasteiger partial charge in [0, 0.05) is 12.5 Å². The van der Waals surface area contributed by atoms with E-state index in [0.717, 1.165) is 13.0 Å². The molecule has 0 bridgehead atoms. The molecule has 0 amide bonds. The van der Waals surface area contributed by atoms with E-state index in [0.29, 0.717) is 6.10 Å². The minimum atomic E-state index is 0.579. The Kier molecular flexibility index (Phi) is 4.15. The van der Waals surface area contributed by atoms with Gasteiger partial charge in [-0.25, -0.2) is 0 Å². The molecule has 0 N–H and O–H groups in total. The molecule has 1 nitrogen and oxygen atoms in total. The number of hydrogen-bond donors (Lipinski definition) is 0. The van der Waals surface area contributed by atoms with Crippen LogP contribution in [-0.4, -0.2) is 12.7 Å². The molecule has 0 spiro atoms. The molecule has 1 rings (SSSR count). The molecular weight excluding hydrogens is 148 g/mol. The van der Waals surface area contributed by atoms with E-state index in [9.17, 15) is 0 Å². The third-order valence-corrected chi connectivity index (χ3v) is 2.10. The van der Waals surface area contributed by atoms with Crippen molar-refractivity contribution < 1.29 is 4.74 Å². The minimum absolute atomic E-state index is 0.579. The fraction of sp³-hybridized carbons (Fsp3) is 0.875. The van der Waals surface area contributed by atoms with Gasteiger partial charge in [0.15, 0.2) is 0 Å². The Morgan fingerprint density at radius 2 is 2.30 bits per heavy atom. The Bertz CT molecular complexity index is 81.3. The molecule has 1 radical (unpaired) electrons. The molecule has 0 aromatic heterocycles. The second-order valence-corrected chi connectivity index (χ2v) is 3.03. The van der Waals surface area contributed by atoms with Crippen LogP contribution in [0, 0.1) is 5.88 Å². The van der Waals surface area contributed by atoms with Crippen molar-refractivity contribution in [1.29, 1.82) is 0 Å². The summed E-state index contributed by atoms with van der Waals surface area (Å²) in [5.74, 6) is 1.71. The molecule has 1 saturated heterocycles. The second kappa shape index (κ2) is 4.97. The quantitative estimate of drug-likeness (QED) is 0.564. The maximum absolute atomic E-state index is 5.41. The maximum atomic E-state index is 5.41. The lowest BCUT2D eigenvalue weighted by Crippen LogP contribution is -2.26. The van der Waals surface area contributed by atoms with E-state index >= 15 is 0 Å². The van der Waals surface area contributed by atoms with E-state index in [2.05, 4.69) is 0 Å². The molecule has 0 aromatic carbocycles. The van der Waals surface area contributed by atoms with Gasteiger partial charge < -0.3 is 4.74 Å². The Morgan fingerprint density at radius 3 is 2.80 bits per heavy atom. The van der Waals surface area contributed by atoms with E-state index in [1.807, 2.05) is 0 Å². The van der Waals surface area contributed by atoms with Crippen LogP contribution in [0.4, 0.5) is 0 Å². The van der Waals surface area contributed by atoms with Crippen molar-refractivity contribution in [3.05, 3.63) is 5.88 Å². The lowest BCUT2D eigenvalue weighted by molar-refractivity contribution is -0.0555. The highest BCUT2D eigenvalue weighted by molar-refractivity contribution is 6.23. The molecule has 1 heterocycles. The van der Waals surface area contributed by atoms with Crippen LogP contribution in [0.2, 0.25) is 0 Å². The van der Waals surface area contributed by atoms with E-state index in [-0.39, 0.29) is 0 Å². The Hall–Kier alpha value is 0.250. The van der Waals surface area contributed by atoms with E-state index in [4.69, 9.17) is 16.3 Å². The first-order chi connectivity index (χ1) is 4.93. The molecule has 0 aliphatic carbocycles. The number of hydrogen-bond acceptors (Lipinski definition) is 1. The topological polar surface area (TPSA) is 9.23 Å². The van der Waals surface area contributed by atoms with E-state index < -0.39 is 0 Å². The molecule has 2 heteroatoms. The molecule has 1 aliphatic heterocycles. The van der Waals surface area contributed by atoms with Crippen molar-refractivity contribution in [1.82, 2.24) is 0 Å². The largest absolute Gasteiger partial charge is 0.378 e. The highest BCUT2D eigenvalue weighted by Crippen LogP contribution is 2.18. The van der Waals surface area contributed by atoms with Gasteiger partial charge in [-0.1, -0.05) is 12.8 Å². The average molecular weight is 162 g/mol. The van der Waals surface area contributed by atoms with Crippen LogP contribution in [-0.2, 0) is 4.74 Å². The monoisotopic (exact) mass is 161 g/mol. The molecule has 1 fully saturated rings. The molecule has 59 valence electrons. The van der Waals surface area contributed by atoms with Crippen LogP contribution >= 0.6 is 11.6 Å². The highest BCUT2D eigenvalue weighted by Gasteiger charge is 2.16. The Balaban J connectivity index is 1.76. The molecule has 10 heavy (non-hydrogen) atoms. The molecule has 1 unspecified atom stereocenters. The molecular formula is C8H14ClO. The van der Waals surface area contributed by atoms with Gasteiger partial charge >= 0.3 is 0 Å². The molecule has 0 saturated carbocycles. The summed E-state index contributed by atoms with van der Waals surface area (Å²) < 4.78 is 5.27. The zero-order valence-corrected chi connectivity index (χ0v) is 6.94. The number of ether oxygens (including phenoxy) is 1. The normalized spacial score (nSPS) is 24.3. The van der Waals surface area contributed by atoms with Crippen LogP contribution in [0.25, 0.3) is 0 Å². The molecule has 1 aliphatic rings. The first-order valence-electron chi connectivity index (χ1n) is 3.97. The van der Waals surface area contributed by atoms with Crippen molar-refractivity contribution >= 4 is 11.6 Å². The van der Waals surface area contributed by atoms with Gasteiger partial charge in [0.25, 0.3) is 0 Å². The summed E-state index contributed by atoms with van der Waals surface area (Å²) in [4.78, 5) is 0. The Morgan fingerprint density at radius 1 is 1.50 bits per heavy atom. The van der Waals surface area contributed by atoms with Crippen molar-refractivity contribution in [3.8, 4) is 0 Å². The van der Waals surface area contributed by atoms with Crippen LogP contribution in [0.3, 0.4) is 0 Å². The maximum Gasteiger partial charge on any atom is 0.0597 e. The summed E-state index contributed by atoms with van der Waals surface area (Å²) in [5.41, 5.74) is 0. The average Bonchev–Trinajstić information content (AvgIpc) is 1.84. The molecule has 1 atom stereocenters. The van der Waals surface area contributed by atoms with Gasteiger partial charge in [0.05, 0.1) is 6.10 Å². The summed E-state index contributed by atoms with van der Waals surface area (Å²) in [6.07, 6.45) is 6.58. The Labute approximate surface area is 67.7 Å². The summed E-state index contributed by atoms with van der Waals surface area (Å²) >= 11 is 5.41. The fourth-order valence-corrected chi connectivity index (χ4v) is 1.26. The van der Waals surface area contributed by atoms with E-state index in [1.54, 1.807) is 5.88 Å².